The topological polar surface area (TPSA) is 73.6 Å². The van der Waals surface area contributed by atoms with Gasteiger partial charge in [-0.3, -0.25) is 4.79 Å². The Hall–Kier alpha value is -1.75. The molecule has 2 unspecified atom stereocenters. The number of hydrogen-bond acceptors (Lipinski definition) is 4. The van der Waals surface area contributed by atoms with Crippen LogP contribution in [0.2, 0.25) is 0 Å². The lowest BCUT2D eigenvalue weighted by molar-refractivity contribution is -0.128. The molecule has 2 atom stereocenters. The second kappa shape index (κ2) is 8.76. The smallest absolute Gasteiger partial charge is 0.223 e. The van der Waals surface area contributed by atoms with Crippen molar-refractivity contribution >= 4 is 5.91 Å². The summed E-state index contributed by atoms with van der Waals surface area (Å²) in [6, 6.07) is 6.14. The number of nitrogens with one attached hydrogen (secondary N) is 1. The number of carbonyl (C=O) groups is 1. The van der Waals surface area contributed by atoms with Gasteiger partial charge >= 0.3 is 0 Å². The molecular formula is C21H32N2O3. The van der Waals surface area contributed by atoms with Crippen LogP contribution in [0.15, 0.2) is 18.2 Å². The highest BCUT2D eigenvalue weighted by molar-refractivity contribution is 5.78. The van der Waals surface area contributed by atoms with Crippen LogP contribution < -0.4 is 20.5 Å². The molecule has 5 nitrogen and oxygen atoms in total. The molecule has 1 aromatic rings. The molecule has 0 saturated heterocycles. The average molecular weight is 360 g/mol. The molecule has 2 aliphatic rings. The van der Waals surface area contributed by atoms with Crippen molar-refractivity contribution in [2.24, 2.45) is 23.5 Å². The maximum atomic E-state index is 12.7. The molecule has 26 heavy (non-hydrogen) atoms. The van der Waals surface area contributed by atoms with Crippen LogP contribution in [0.4, 0.5) is 0 Å². The van der Waals surface area contributed by atoms with Gasteiger partial charge in [-0.1, -0.05) is 19.4 Å². The van der Waals surface area contributed by atoms with Crippen molar-refractivity contribution in [1.29, 1.82) is 0 Å². The normalized spacial score (nSPS) is 27.7. The van der Waals surface area contributed by atoms with Crippen molar-refractivity contribution < 1.29 is 14.3 Å². The Morgan fingerprint density at radius 3 is 2.62 bits per heavy atom. The zero-order valence-corrected chi connectivity index (χ0v) is 16.0. The van der Waals surface area contributed by atoms with Gasteiger partial charge in [-0.25, -0.2) is 0 Å². The van der Waals surface area contributed by atoms with Crippen molar-refractivity contribution in [3.63, 3.8) is 0 Å². The number of benzene rings is 1. The quantitative estimate of drug-likeness (QED) is 0.783. The summed E-state index contributed by atoms with van der Waals surface area (Å²) in [6.45, 7) is 3.25. The van der Waals surface area contributed by atoms with E-state index in [-0.39, 0.29) is 11.8 Å². The molecule has 3 rings (SSSR count). The van der Waals surface area contributed by atoms with Crippen LogP contribution in [-0.2, 0) is 11.3 Å². The SMILES string of the molecule is CCCOc1ccc(CNC(=O)C2CC3CCCC(C2)C3N)cc1OC. The third kappa shape index (κ3) is 4.32. The summed E-state index contributed by atoms with van der Waals surface area (Å²) in [7, 11) is 1.64. The molecule has 1 amide bonds. The maximum Gasteiger partial charge on any atom is 0.223 e. The highest BCUT2D eigenvalue weighted by atomic mass is 16.5. The highest BCUT2D eigenvalue weighted by Crippen LogP contribution is 2.41. The zero-order valence-electron chi connectivity index (χ0n) is 16.0. The first-order valence-electron chi connectivity index (χ1n) is 9.95. The van der Waals surface area contributed by atoms with Crippen molar-refractivity contribution in [2.45, 2.75) is 58.0 Å². The first kappa shape index (κ1) is 19.0. The van der Waals surface area contributed by atoms with E-state index >= 15 is 0 Å². The number of nitrogens with two attached hydrogens (primary N) is 1. The minimum atomic E-state index is 0.110. The molecule has 2 bridgehead atoms. The number of carbonyl (C=O) groups excluding carboxylic acids is 1. The van der Waals surface area contributed by atoms with Gasteiger partial charge in [0.1, 0.15) is 0 Å². The zero-order chi connectivity index (χ0) is 18.5. The van der Waals surface area contributed by atoms with Crippen LogP contribution in [-0.4, -0.2) is 25.7 Å². The summed E-state index contributed by atoms with van der Waals surface area (Å²) >= 11 is 0. The molecule has 2 aliphatic carbocycles. The monoisotopic (exact) mass is 360 g/mol. The molecule has 0 heterocycles. The standard InChI is InChI=1S/C21H32N2O3/c1-3-9-26-18-8-7-14(10-19(18)25-2)13-23-21(24)17-11-15-5-4-6-16(12-17)20(15)22/h7-8,10,15-17,20H,3-6,9,11-13,22H2,1-2H3,(H,23,24). The molecule has 3 N–H and O–H groups in total. The van der Waals surface area contributed by atoms with Crippen LogP contribution in [0.5, 0.6) is 11.5 Å². The van der Waals surface area contributed by atoms with E-state index in [1.165, 1.54) is 19.3 Å². The summed E-state index contributed by atoms with van der Waals surface area (Å²) < 4.78 is 11.1. The Morgan fingerprint density at radius 1 is 1.23 bits per heavy atom. The number of methoxy groups -OCH3 is 1. The van der Waals surface area contributed by atoms with Crippen molar-refractivity contribution in [2.75, 3.05) is 13.7 Å². The largest absolute Gasteiger partial charge is 0.493 e. The van der Waals surface area contributed by atoms with E-state index in [2.05, 4.69) is 12.2 Å². The molecule has 0 aromatic heterocycles. The van der Waals surface area contributed by atoms with Gasteiger partial charge in [0.15, 0.2) is 11.5 Å². The van der Waals surface area contributed by atoms with E-state index < -0.39 is 0 Å². The molecule has 2 saturated carbocycles. The van der Waals surface area contributed by atoms with Crippen LogP contribution in [0.25, 0.3) is 0 Å². The number of amides is 1. The third-order valence-corrected chi connectivity index (χ3v) is 5.94. The lowest BCUT2D eigenvalue weighted by Crippen LogP contribution is -2.49. The maximum absolute atomic E-state index is 12.7. The van der Waals surface area contributed by atoms with Crippen LogP contribution in [0.3, 0.4) is 0 Å². The Morgan fingerprint density at radius 2 is 1.96 bits per heavy atom. The van der Waals surface area contributed by atoms with E-state index in [1.807, 2.05) is 18.2 Å². The van der Waals surface area contributed by atoms with Crippen molar-refractivity contribution in [3.8, 4) is 11.5 Å². The van der Waals surface area contributed by atoms with Gasteiger partial charge in [0.2, 0.25) is 5.91 Å². The highest BCUT2D eigenvalue weighted by Gasteiger charge is 2.40. The fourth-order valence-electron chi connectivity index (χ4n) is 4.49. The van der Waals surface area contributed by atoms with Crippen LogP contribution >= 0.6 is 0 Å². The third-order valence-electron chi connectivity index (χ3n) is 5.94. The van der Waals surface area contributed by atoms with E-state index in [0.29, 0.717) is 36.8 Å². The molecule has 5 heteroatoms. The summed E-state index contributed by atoms with van der Waals surface area (Å²) in [5, 5.41) is 3.11. The predicted octanol–water partition coefficient (Wildman–Crippen LogP) is 3.25. The van der Waals surface area contributed by atoms with Crippen molar-refractivity contribution in [1.82, 2.24) is 5.32 Å². The van der Waals surface area contributed by atoms with Crippen LogP contribution in [0, 0.1) is 17.8 Å². The molecule has 0 radical (unpaired) electrons. The van der Waals surface area contributed by atoms with Gasteiger partial charge in [-0.2, -0.15) is 0 Å². The summed E-state index contributed by atoms with van der Waals surface area (Å²) in [5.41, 5.74) is 7.36. The number of fused-ring (bicyclic) bond motifs is 2. The molecule has 0 aliphatic heterocycles. The fraction of sp³-hybridized carbons (Fsp3) is 0.667. The Bertz CT molecular complexity index is 605. The van der Waals surface area contributed by atoms with E-state index in [4.69, 9.17) is 15.2 Å². The molecule has 144 valence electrons. The summed E-state index contributed by atoms with van der Waals surface area (Å²) in [5.74, 6) is 2.78. The number of rotatable bonds is 7. The first-order valence-corrected chi connectivity index (χ1v) is 9.95. The van der Waals surface area contributed by atoms with Gasteiger partial charge in [0.25, 0.3) is 0 Å². The Balaban J connectivity index is 1.56. The average Bonchev–Trinajstić information content (AvgIpc) is 2.64. The van der Waals surface area contributed by atoms with E-state index in [0.717, 1.165) is 30.6 Å². The van der Waals surface area contributed by atoms with Gasteiger partial charge in [0, 0.05) is 18.5 Å². The van der Waals surface area contributed by atoms with Gasteiger partial charge < -0.3 is 20.5 Å². The molecular weight excluding hydrogens is 328 g/mol. The molecule has 0 spiro atoms. The van der Waals surface area contributed by atoms with E-state index in [9.17, 15) is 4.79 Å². The molecule has 2 fully saturated rings. The molecule has 1 aromatic carbocycles. The Kier molecular flexibility index (Phi) is 6.41. The van der Waals surface area contributed by atoms with Gasteiger partial charge in [0.05, 0.1) is 13.7 Å². The summed E-state index contributed by atoms with van der Waals surface area (Å²) in [6.07, 6.45) is 6.46. The number of hydrogen-bond donors (Lipinski definition) is 2. The minimum Gasteiger partial charge on any atom is -0.493 e. The van der Waals surface area contributed by atoms with Gasteiger partial charge in [-0.05, 0) is 61.6 Å². The Labute approximate surface area is 156 Å². The fourth-order valence-corrected chi connectivity index (χ4v) is 4.49. The van der Waals surface area contributed by atoms with Crippen LogP contribution in [0.1, 0.15) is 51.0 Å². The lowest BCUT2D eigenvalue weighted by Gasteiger charge is -2.43. The second-order valence-electron chi connectivity index (χ2n) is 7.75. The second-order valence-corrected chi connectivity index (χ2v) is 7.75. The van der Waals surface area contributed by atoms with Gasteiger partial charge in [-0.15, -0.1) is 0 Å². The van der Waals surface area contributed by atoms with E-state index in [1.54, 1.807) is 7.11 Å². The van der Waals surface area contributed by atoms with Crippen molar-refractivity contribution in [3.05, 3.63) is 23.8 Å². The summed E-state index contributed by atoms with van der Waals surface area (Å²) in [4.78, 5) is 12.7. The first-order chi connectivity index (χ1) is 12.6. The number of ether oxygens (including phenoxy) is 2. The lowest BCUT2D eigenvalue weighted by atomic mass is 9.65. The minimum absolute atomic E-state index is 0.110. The predicted molar refractivity (Wildman–Crippen MR) is 102 cm³/mol.